The van der Waals surface area contributed by atoms with Gasteiger partial charge in [0.15, 0.2) is 0 Å². The Morgan fingerprint density at radius 2 is 2.30 bits per heavy atom. The highest BCUT2D eigenvalue weighted by Crippen LogP contribution is 2.40. The molecule has 2 aromatic heterocycles. The second kappa shape index (κ2) is 4.47. The zero-order valence-electron chi connectivity index (χ0n) is 11.3. The van der Waals surface area contributed by atoms with Crippen LogP contribution in [0.3, 0.4) is 0 Å². The van der Waals surface area contributed by atoms with Crippen molar-refractivity contribution in [2.75, 3.05) is 6.54 Å². The van der Waals surface area contributed by atoms with E-state index in [0.717, 1.165) is 12.2 Å². The first-order valence-corrected chi connectivity index (χ1v) is 7.26. The number of nitrogens with one attached hydrogen (secondary N) is 2. The van der Waals surface area contributed by atoms with E-state index < -0.39 is 0 Å². The lowest BCUT2D eigenvalue weighted by atomic mass is 9.67. The minimum atomic E-state index is -0.0414. The van der Waals surface area contributed by atoms with Crippen molar-refractivity contribution in [1.29, 1.82) is 0 Å². The van der Waals surface area contributed by atoms with E-state index >= 15 is 0 Å². The van der Waals surface area contributed by atoms with Crippen LogP contribution in [0.5, 0.6) is 0 Å². The summed E-state index contributed by atoms with van der Waals surface area (Å²) in [6.07, 6.45) is 14.3. The molecule has 0 saturated carbocycles. The molecule has 4 heteroatoms. The van der Waals surface area contributed by atoms with E-state index in [9.17, 15) is 0 Å². The minimum Gasteiger partial charge on any atom is -0.346 e. The van der Waals surface area contributed by atoms with Crippen LogP contribution in [0.1, 0.15) is 24.8 Å². The van der Waals surface area contributed by atoms with E-state index in [4.69, 9.17) is 0 Å². The lowest BCUT2D eigenvalue weighted by Gasteiger charge is -2.35. The summed E-state index contributed by atoms with van der Waals surface area (Å²) in [5, 5.41) is 5.55. The summed E-state index contributed by atoms with van der Waals surface area (Å²) in [7, 11) is 0. The number of allylic oxidation sites excluding steroid dienone is 2. The Hall–Kier alpha value is -2.10. The number of hydrogen-bond donors (Lipinski definition) is 2. The molecule has 1 aliphatic carbocycles. The Morgan fingerprint density at radius 1 is 1.30 bits per heavy atom. The maximum absolute atomic E-state index is 4.41. The third-order valence-electron chi connectivity index (χ3n) is 4.64. The zero-order chi connectivity index (χ0) is 13.4. The van der Waals surface area contributed by atoms with Crippen molar-refractivity contribution in [1.82, 2.24) is 15.4 Å². The van der Waals surface area contributed by atoms with Gasteiger partial charge in [-0.05, 0) is 42.9 Å². The van der Waals surface area contributed by atoms with E-state index in [2.05, 4.69) is 51.0 Å². The number of hydrazone groups is 1. The molecule has 0 saturated heterocycles. The predicted octanol–water partition coefficient (Wildman–Crippen LogP) is 2.75. The molecule has 2 aliphatic rings. The smallest absolute Gasteiger partial charge is 0.137 e. The molecule has 4 nitrogen and oxygen atoms in total. The predicted molar refractivity (Wildman–Crippen MR) is 80.7 cm³/mol. The summed E-state index contributed by atoms with van der Waals surface area (Å²) in [6.45, 7) is 0.867. The van der Waals surface area contributed by atoms with Crippen molar-refractivity contribution < 1.29 is 0 Å². The monoisotopic (exact) mass is 266 g/mol. The molecule has 2 atom stereocenters. The van der Waals surface area contributed by atoms with Crippen LogP contribution in [0.15, 0.2) is 41.8 Å². The van der Waals surface area contributed by atoms with Crippen molar-refractivity contribution in [3.8, 4) is 0 Å². The Balaban J connectivity index is 1.91. The van der Waals surface area contributed by atoms with Gasteiger partial charge in [-0.2, -0.15) is 5.10 Å². The van der Waals surface area contributed by atoms with Gasteiger partial charge in [-0.25, -0.2) is 4.98 Å². The van der Waals surface area contributed by atoms with E-state index in [1.807, 2.05) is 12.4 Å². The summed E-state index contributed by atoms with van der Waals surface area (Å²) in [5.41, 5.74) is 5.42. The maximum Gasteiger partial charge on any atom is 0.137 e. The Bertz CT molecular complexity index is 685. The van der Waals surface area contributed by atoms with Gasteiger partial charge in [0.2, 0.25) is 0 Å². The third kappa shape index (κ3) is 1.60. The molecule has 0 amide bonds. The van der Waals surface area contributed by atoms with Gasteiger partial charge in [-0.1, -0.05) is 12.2 Å². The van der Waals surface area contributed by atoms with E-state index in [1.54, 1.807) is 0 Å². The fourth-order valence-corrected chi connectivity index (χ4v) is 3.58. The number of pyridine rings is 1. The molecule has 0 spiro atoms. The normalized spacial score (nSPS) is 28.9. The average Bonchev–Trinajstić information content (AvgIpc) is 3.17. The first-order valence-electron chi connectivity index (χ1n) is 7.26. The molecule has 2 N–H and O–H groups in total. The molecule has 0 radical (unpaired) electrons. The van der Waals surface area contributed by atoms with E-state index in [1.165, 1.54) is 30.2 Å². The van der Waals surface area contributed by atoms with Gasteiger partial charge in [-0.3, -0.25) is 0 Å². The van der Waals surface area contributed by atoms with Crippen LogP contribution in [0.2, 0.25) is 0 Å². The molecule has 20 heavy (non-hydrogen) atoms. The number of nitrogens with zero attached hydrogens (tertiary/aromatic N) is 2. The maximum atomic E-state index is 4.41. The molecule has 0 fully saturated rings. The topological polar surface area (TPSA) is 53.1 Å². The SMILES string of the molecule is C1=CC(C2(c3ccnc4[nH]ccc34)C=NNC2)CCC1. The van der Waals surface area contributed by atoms with Crippen molar-refractivity contribution in [3.05, 3.63) is 42.2 Å². The van der Waals surface area contributed by atoms with Gasteiger partial charge in [0, 0.05) is 30.5 Å². The van der Waals surface area contributed by atoms with Crippen LogP contribution in [-0.2, 0) is 5.41 Å². The number of H-pyrrole nitrogens is 1. The fraction of sp³-hybridized carbons (Fsp3) is 0.375. The first-order chi connectivity index (χ1) is 9.90. The summed E-state index contributed by atoms with van der Waals surface area (Å²) in [5.74, 6) is 0.510. The minimum absolute atomic E-state index is 0.0414. The highest BCUT2D eigenvalue weighted by Gasteiger charge is 2.41. The quantitative estimate of drug-likeness (QED) is 0.821. The third-order valence-corrected chi connectivity index (χ3v) is 4.64. The van der Waals surface area contributed by atoms with E-state index in [-0.39, 0.29) is 5.41 Å². The molecule has 2 unspecified atom stereocenters. The highest BCUT2D eigenvalue weighted by atomic mass is 15.3. The van der Waals surface area contributed by atoms with Crippen LogP contribution < -0.4 is 5.43 Å². The Morgan fingerprint density at radius 3 is 3.10 bits per heavy atom. The largest absolute Gasteiger partial charge is 0.346 e. The molecular formula is C16H18N4. The van der Waals surface area contributed by atoms with Crippen LogP contribution >= 0.6 is 0 Å². The summed E-state index contributed by atoms with van der Waals surface area (Å²) in [4.78, 5) is 7.62. The number of rotatable bonds is 2. The molecular weight excluding hydrogens is 248 g/mol. The average molecular weight is 266 g/mol. The zero-order valence-corrected chi connectivity index (χ0v) is 11.3. The standard InChI is InChI=1S/C16H18N4/c1-2-4-12(5-3-1)16(10-19-20-11-16)14-7-9-18-15-13(14)6-8-17-15/h2,4,6-10,12,20H,1,3,5,11H2,(H,17,18). The van der Waals surface area contributed by atoms with Gasteiger partial charge in [0.1, 0.15) is 5.65 Å². The highest BCUT2D eigenvalue weighted by molar-refractivity contribution is 5.88. The van der Waals surface area contributed by atoms with Gasteiger partial charge in [-0.15, -0.1) is 0 Å². The second-order valence-corrected chi connectivity index (χ2v) is 5.70. The number of hydrogen-bond acceptors (Lipinski definition) is 3. The van der Waals surface area contributed by atoms with Crippen molar-refractivity contribution in [2.45, 2.75) is 24.7 Å². The van der Waals surface area contributed by atoms with Crippen LogP contribution in [-0.4, -0.2) is 22.7 Å². The summed E-state index contributed by atoms with van der Waals surface area (Å²) < 4.78 is 0. The van der Waals surface area contributed by atoms with Crippen molar-refractivity contribution in [3.63, 3.8) is 0 Å². The van der Waals surface area contributed by atoms with E-state index in [0.29, 0.717) is 5.92 Å². The molecule has 2 aromatic rings. The number of aromatic nitrogens is 2. The summed E-state index contributed by atoms with van der Waals surface area (Å²) >= 11 is 0. The van der Waals surface area contributed by atoms with Gasteiger partial charge in [0.25, 0.3) is 0 Å². The van der Waals surface area contributed by atoms with Crippen LogP contribution in [0.25, 0.3) is 11.0 Å². The second-order valence-electron chi connectivity index (χ2n) is 5.70. The Labute approximate surface area is 118 Å². The molecule has 0 aromatic carbocycles. The molecule has 0 bridgehead atoms. The van der Waals surface area contributed by atoms with Crippen LogP contribution in [0, 0.1) is 5.92 Å². The van der Waals surface area contributed by atoms with Crippen molar-refractivity contribution >= 4 is 17.2 Å². The van der Waals surface area contributed by atoms with Gasteiger partial charge < -0.3 is 10.4 Å². The number of aromatic amines is 1. The van der Waals surface area contributed by atoms with Gasteiger partial charge >= 0.3 is 0 Å². The summed E-state index contributed by atoms with van der Waals surface area (Å²) in [6, 6.07) is 4.27. The first kappa shape index (κ1) is 11.7. The molecule has 3 heterocycles. The van der Waals surface area contributed by atoms with Gasteiger partial charge in [0.05, 0.1) is 5.41 Å². The fourth-order valence-electron chi connectivity index (χ4n) is 3.58. The van der Waals surface area contributed by atoms with Crippen LogP contribution in [0.4, 0.5) is 0 Å². The molecule has 102 valence electrons. The molecule has 1 aliphatic heterocycles. The molecule has 4 rings (SSSR count). The number of fused-ring (bicyclic) bond motifs is 1. The van der Waals surface area contributed by atoms with Crippen molar-refractivity contribution in [2.24, 2.45) is 11.0 Å². The lowest BCUT2D eigenvalue weighted by Crippen LogP contribution is -2.40. The Kier molecular flexibility index (Phi) is 2.62. The lowest BCUT2D eigenvalue weighted by molar-refractivity contribution is 0.392.